The topological polar surface area (TPSA) is 74.2 Å². The van der Waals surface area contributed by atoms with E-state index in [1.807, 2.05) is 32.0 Å². The number of nitrogens with one attached hydrogen (secondary N) is 2. The van der Waals surface area contributed by atoms with Crippen LogP contribution < -0.4 is 10.6 Å². The van der Waals surface area contributed by atoms with Gasteiger partial charge in [0.05, 0.1) is 15.2 Å². The first kappa shape index (κ1) is 16.7. The third kappa shape index (κ3) is 3.96. The van der Waals surface area contributed by atoms with Crippen LogP contribution in [0, 0.1) is 5.92 Å². The maximum Gasteiger partial charge on any atom is 0.319 e. The van der Waals surface area contributed by atoms with E-state index < -0.39 is 0 Å². The van der Waals surface area contributed by atoms with Crippen LogP contribution in [0.15, 0.2) is 18.2 Å². The Hall–Kier alpha value is -1.66. The first-order valence-electron chi connectivity index (χ1n) is 7.49. The molecule has 0 aliphatic rings. The Morgan fingerprint density at radius 1 is 1.32 bits per heavy atom. The summed E-state index contributed by atoms with van der Waals surface area (Å²) in [6, 6.07) is 5.36. The molecule has 0 radical (unpaired) electrons. The molecule has 2 unspecified atom stereocenters. The van der Waals surface area contributed by atoms with E-state index in [1.54, 1.807) is 11.3 Å². The number of amides is 2. The number of anilines is 1. The number of hydrogen-bond acceptors (Lipinski definition) is 4. The van der Waals surface area contributed by atoms with Crippen LogP contribution in [0.25, 0.3) is 10.2 Å². The average molecular weight is 321 g/mol. The molecular formula is C16H23N3O2S. The molecule has 0 aliphatic heterocycles. The van der Waals surface area contributed by atoms with Gasteiger partial charge in [-0.1, -0.05) is 20.8 Å². The van der Waals surface area contributed by atoms with E-state index >= 15 is 0 Å². The molecule has 2 amide bonds. The van der Waals surface area contributed by atoms with E-state index in [-0.39, 0.29) is 24.6 Å². The van der Waals surface area contributed by atoms with Crippen LogP contribution in [0.5, 0.6) is 0 Å². The largest absolute Gasteiger partial charge is 0.396 e. The lowest BCUT2D eigenvalue weighted by Crippen LogP contribution is -2.40. The maximum atomic E-state index is 12.0. The van der Waals surface area contributed by atoms with Crippen LogP contribution in [-0.4, -0.2) is 28.8 Å². The number of nitrogens with zero attached hydrogens (tertiary/aromatic N) is 1. The van der Waals surface area contributed by atoms with Crippen molar-refractivity contribution in [3.05, 3.63) is 23.2 Å². The zero-order valence-electron chi connectivity index (χ0n) is 13.4. The second kappa shape index (κ2) is 7.07. The number of fused-ring (bicyclic) bond motifs is 1. The zero-order valence-corrected chi connectivity index (χ0v) is 14.2. The van der Waals surface area contributed by atoms with Crippen LogP contribution >= 0.6 is 11.3 Å². The van der Waals surface area contributed by atoms with Gasteiger partial charge in [-0.3, -0.25) is 0 Å². The van der Waals surface area contributed by atoms with Crippen LogP contribution in [0.4, 0.5) is 10.5 Å². The van der Waals surface area contributed by atoms with Gasteiger partial charge >= 0.3 is 6.03 Å². The number of aliphatic hydroxyl groups is 1. The third-order valence-electron chi connectivity index (χ3n) is 3.66. The molecule has 2 rings (SSSR count). The van der Waals surface area contributed by atoms with E-state index in [1.165, 1.54) is 0 Å². The molecule has 6 heteroatoms. The number of thiazole rings is 1. The molecule has 120 valence electrons. The van der Waals surface area contributed by atoms with Gasteiger partial charge in [0.2, 0.25) is 0 Å². The molecule has 2 aromatic rings. The van der Waals surface area contributed by atoms with Crippen molar-refractivity contribution < 1.29 is 9.90 Å². The summed E-state index contributed by atoms with van der Waals surface area (Å²) in [7, 11) is 0. The molecule has 0 saturated heterocycles. The summed E-state index contributed by atoms with van der Waals surface area (Å²) < 4.78 is 1.07. The predicted octanol–water partition coefficient (Wildman–Crippen LogP) is 3.56. The van der Waals surface area contributed by atoms with Gasteiger partial charge in [-0.15, -0.1) is 11.3 Å². The van der Waals surface area contributed by atoms with E-state index in [0.29, 0.717) is 5.92 Å². The standard InChI is InChI=1S/C16H23N3O2S/c1-9(2)15-19-13-6-5-12(7-14(13)22-15)18-16(21)17-11(4)10(3)8-20/h5-7,9-11,20H,8H2,1-4H3,(H2,17,18,21). The van der Waals surface area contributed by atoms with Crippen LogP contribution in [0.1, 0.15) is 38.6 Å². The van der Waals surface area contributed by atoms with Gasteiger partial charge in [-0.05, 0) is 31.0 Å². The minimum absolute atomic E-state index is 0.0170. The van der Waals surface area contributed by atoms with Crippen molar-refractivity contribution in [2.24, 2.45) is 5.92 Å². The summed E-state index contributed by atoms with van der Waals surface area (Å²) in [4.78, 5) is 16.6. The van der Waals surface area contributed by atoms with E-state index in [0.717, 1.165) is 20.9 Å². The highest BCUT2D eigenvalue weighted by molar-refractivity contribution is 7.18. The summed E-state index contributed by atoms with van der Waals surface area (Å²) in [5.74, 6) is 0.418. The summed E-state index contributed by atoms with van der Waals surface area (Å²) >= 11 is 1.65. The van der Waals surface area contributed by atoms with Gasteiger partial charge in [-0.25, -0.2) is 9.78 Å². The number of benzene rings is 1. The summed E-state index contributed by atoms with van der Waals surface area (Å²) in [6.07, 6.45) is 0. The molecule has 1 heterocycles. The fraction of sp³-hybridized carbons (Fsp3) is 0.500. The van der Waals surface area contributed by atoms with Gasteiger partial charge in [0.25, 0.3) is 0 Å². The van der Waals surface area contributed by atoms with Gasteiger partial charge in [0.15, 0.2) is 0 Å². The number of rotatable bonds is 5. The lowest BCUT2D eigenvalue weighted by molar-refractivity contribution is 0.204. The summed E-state index contributed by atoms with van der Waals surface area (Å²) in [5.41, 5.74) is 1.70. The molecule has 3 N–H and O–H groups in total. The Balaban J connectivity index is 2.06. The van der Waals surface area contributed by atoms with Gasteiger partial charge in [0, 0.05) is 24.3 Å². The highest BCUT2D eigenvalue weighted by Gasteiger charge is 2.14. The number of carbonyl (C=O) groups is 1. The average Bonchev–Trinajstić information content (AvgIpc) is 2.89. The minimum atomic E-state index is -0.263. The van der Waals surface area contributed by atoms with Crippen LogP contribution in [0.2, 0.25) is 0 Å². The highest BCUT2D eigenvalue weighted by Crippen LogP contribution is 2.29. The molecule has 0 aliphatic carbocycles. The first-order valence-corrected chi connectivity index (χ1v) is 8.31. The van der Waals surface area contributed by atoms with Crippen LogP contribution in [0.3, 0.4) is 0 Å². The lowest BCUT2D eigenvalue weighted by Gasteiger charge is -2.19. The monoisotopic (exact) mass is 321 g/mol. The van der Waals surface area contributed by atoms with Crippen molar-refractivity contribution in [3.8, 4) is 0 Å². The van der Waals surface area contributed by atoms with Gasteiger partial charge in [0.1, 0.15) is 0 Å². The van der Waals surface area contributed by atoms with Crippen molar-refractivity contribution in [3.63, 3.8) is 0 Å². The smallest absolute Gasteiger partial charge is 0.319 e. The number of carbonyl (C=O) groups excluding carboxylic acids is 1. The van der Waals surface area contributed by atoms with E-state index in [2.05, 4.69) is 29.5 Å². The number of aliphatic hydroxyl groups excluding tert-OH is 1. The van der Waals surface area contributed by atoms with Crippen molar-refractivity contribution in [1.29, 1.82) is 0 Å². The second-order valence-corrected chi connectivity index (χ2v) is 7.00. The first-order chi connectivity index (χ1) is 10.4. The molecule has 0 fully saturated rings. The molecule has 5 nitrogen and oxygen atoms in total. The fourth-order valence-electron chi connectivity index (χ4n) is 1.94. The van der Waals surface area contributed by atoms with Crippen molar-refractivity contribution in [2.45, 2.75) is 39.7 Å². The van der Waals surface area contributed by atoms with Crippen molar-refractivity contribution >= 4 is 33.3 Å². The van der Waals surface area contributed by atoms with Gasteiger partial charge in [-0.2, -0.15) is 0 Å². The number of urea groups is 1. The Bertz CT molecular complexity index is 654. The van der Waals surface area contributed by atoms with E-state index in [4.69, 9.17) is 5.11 Å². The van der Waals surface area contributed by atoms with Crippen molar-refractivity contribution in [1.82, 2.24) is 10.3 Å². The second-order valence-electron chi connectivity index (χ2n) is 5.94. The highest BCUT2D eigenvalue weighted by atomic mass is 32.1. The van der Waals surface area contributed by atoms with E-state index in [9.17, 15) is 4.79 Å². The molecular weight excluding hydrogens is 298 g/mol. The SMILES string of the molecule is CC(C)c1nc2ccc(NC(=O)NC(C)C(C)CO)cc2s1. The Morgan fingerprint density at radius 3 is 2.68 bits per heavy atom. The lowest BCUT2D eigenvalue weighted by atomic mass is 10.1. The molecule has 0 bridgehead atoms. The molecule has 0 spiro atoms. The Labute approximate surface area is 134 Å². The maximum absolute atomic E-state index is 12.0. The van der Waals surface area contributed by atoms with Gasteiger partial charge < -0.3 is 15.7 Å². The van der Waals surface area contributed by atoms with Crippen LogP contribution in [-0.2, 0) is 0 Å². The third-order valence-corrected chi connectivity index (χ3v) is 4.98. The molecule has 1 aromatic carbocycles. The Morgan fingerprint density at radius 2 is 2.05 bits per heavy atom. The number of aromatic nitrogens is 1. The summed E-state index contributed by atoms with van der Waals surface area (Å²) in [5, 5.41) is 15.9. The van der Waals surface area contributed by atoms with Crippen molar-refractivity contribution in [2.75, 3.05) is 11.9 Å². The molecule has 0 saturated carbocycles. The predicted molar refractivity (Wildman–Crippen MR) is 91.6 cm³/mol. The zero-order chi connectivity index (χ0) is 16.3. The molecule has 2 atom stereocenters. The quantitative estimate of drug-likeness (QED) is 0.788. The fourth-order valence-corrected chi connectivity index (χ4v) is 2.95. The Kier molecular flexibility index (Phi) is 5.37. The summed E-state index contributed by atoms with van der Waals surface area (Å²) in [6.45, 7) is 8.05. The molecule has 1 aromatic heterocycles. The molecule has 22 heavy (non-hydrogen) atoms. The normalized spacial score (nSPS) is 14.1. The number of hydrogen-bond donors (Lipinski definition) is 3. The minimum Gasteiger partial charge on any atom is -0.396 e.